The van der Waals surface area contributed by atoms with E-state index in [0.29, 0.717) is 11.3 Å². The zero-order chi connectivity index (χ0) is 12.8. The standard InChI is InChI=1S/C13H16N2O3/c16-13(15-8-4-1-5-9-15)18-10-11-6-2-3-7-12(11)14-17/h2-3,6-7H,1,4-5,8-10H2. The summed E-state index contributed by atoms with van der Waals surface area (Å²) < 4.78 is 5.20. The summed E-state index contributed by atoms with van der Waals surface area (Å²) in [4.78, 5) is 24.0. The largest absolute Gasteiger partial charge is 0.444 e. The maximum atomic E-state index is 11.8. The molecule has 0 N–H and O–H groups in total. The van der Waals surface area contributed by atoms with Crippen LogP contribution in [0.25, 0.3) is 0 Å². The van der Waals surface area contributed by atoms with E-state index in [1.165, 1.54) is 6.42 Å². The van der Waals surface area contributed by atoms with Crippen molar-refractivity contribution in [1.82, 2.24) is 4.90 Å². The molecule has 0 spiro atoms. The van der Waals surface area contributed by atoms with E-state index in [4.69, 9.17) is 4.74 Å². The molecule has 0 unspecified atom stereocenters. The minimum Gasteiger partial charge on any atom is -0.444 e. The van der Waals surface area contributed by atoms with Gasteiger partial charge in [0, 0.05) is 18.7 Å². The van der Waals surface area contributed by atoms with Crippen molar-refractivity contribution < 1.29 is 9.53 Å². The molecule has 18 heavy (non-hydrogen) atoms. The van der Waals surface area contributed by atoms with Gasteiger partial charge in [0.2, 0.25) is 0 Å². The van der Waals surface area contributed by atoms with Crippen molar-refractivity contribution in [3.8, 4) is 0 Å². The van der Waals surface area contributed by atoms with Gasteiger partial charge in [-0.05, 0) is 30.5 Å². The molecule has 0 aliphatic carbocycles. The highest BCUT2D eigenvalue weighted by Crippen LogP contribution is 2.19. The van der Waals surface area contributed by atoms with Gasteiger partial charge in [0.05, 0.1) is 0 Å². The number of carbonyl (C=O) groups is 1. The summed E-state index contributed by atoms with van der Waals surface area (Å²) in [7, 11) is 0. The average Bonchev–Trinajstić information content (AvgIpc) is 2.46. The zero-order valence-corrected chi connectivity index (χ0v) is 10.2. The Bertz CT molecular complexity index is 428. The van der Waals surface area contributed by atoms with E-state index in [0.717, 1.165) is 25.9 Å². The molecule has 0 atom stereocenters. The topological polar surface area (TPSA) is 59.0 Å². The van der Waals surface area contributed by atoms with Crippen molar-refractivity contribution in [3.05, 3.63) is 34.7 Å². The number of amides is 1. The Morgan fingerprint density at radius 1 is 1.22 bits per heavy atom. The molecule has 1 aliphatic rings. The number of nitroso groups, excluding NO2 is 1. The van der Waals surface area contributed by atoms with Crippen LogP contribution in [0.15, 0.2) is 29.4 Å². The lowest BCUT2D eigenvalue weighted by Crippen LogP contribution is -2.35. The van der Waals surface area contributed by atoms with Crippen LogP contribution >= 0.6 is 0 Å². The lowest BCUT2D eigenvalue weighted by molar-refractivity contribution is 0.0896. The fourth-order valence-corrected chi connectivity index (χ4v) is 2.03. The van der Waals surface area contributed by atoms with Crippen LogP contribution in [0, 0.1) is 4.91 Å². The van der Waals surface area contributed by atoms with Crippen molar-refractivity contribution >= 4 is 11.8 Å². The van der Waals surface area contributed by atoms with Gasteiger partial charge in [-0.3, -0.25) is 0 Å². The third-order valence-corrected chi connectivity index (χ3v) is 3.06. The Balaban J connectivity index is 1.90. The maximum absolute atomic E-state index is 11.8. The number of nitrogens with zero attached hydrogens (tertiary/aromatic N) is 2. The first kappa shape index (κ1) is 12.5. The molecule has 0 radical (unpaired) electrons. The Morgan fingerprint density at radius 3 is 2.67 bits per heavy atom. The second-order valence-corrected chi connectivity index (χ2v) is 4.32. The van der Waals surface area contributed by atoms with Crippen LogP contribution in [-0.4, -0.2) is 24.1 Å². The monoisotopic (exact) mass is 248 g/mol. The van der Waals surface area contributed by atoms with E-state index >= 15 is 0 Å². The third kappa shape index (κ3) is 3.06. The van der Waals surface area contributed by atoms with Gasteiger partial charge in [-0.2, -0.15) is 0 Å². The summed E-state index contributed by atoms with van der Waals surface area (Å²) in [6.45, 7) is 1.61. The highest BCUT2D eigenvalue weighted by molar-refractivity contribution is 5.67. The number of likely N-dealkylation sites (tertiary alicyclic amines) is 1. The SMILES string of the molecule is O=Nc1ccccc1COC(=O)N1CCCCC1. The van der Waals surface area contributed by atoms with Crippen LogP contribution in [-0.2, 0) is 11.3 Å². The molecule has 1 aliphatic heterocycles. The van der Waals surface area contributed by atoms with E-state index in [-0.39, 0.29) is 12.7 Å². The minimum atomic E-state index is -0.310. The zero-order valence-electron chi connectivity index (χ0n) is 10.2. The van der Waals surface area contributed by atoms with Crippen molar-refractivity contribution in [2.45, 2.75) is 25.9 Å². The van der Waals surface area contributed by atoms with Gasteiger partial charge in [0.15, 0.2) is 0 Å². The molecule has 2 rings (SSSR count). The highest BCUT2D eigenvalue weighted by Gasteiger charge is 2.17. The number of piperidine rings is 1. The molecule has 1 heterocycles. The quantitative estimate of drug-likeness (QED) is 0.772. The van der Waals surface area contributed by atoms with Gasteiger partial charge in [0.1, 0.15) is 12.3 Å². The molecule has 1 amide bonds. The van der Waals surface area contributed by atoms with Crippen molar-refractivity contribution in [2.24, 2.45) is 5.18 Å². The number of hydrogen-bond donors (Lipinski definition) is 0. The maximum Gasteiger partial charge on any atom is 0.410 e. The van der Waals surface area contributed by atoms with Gasteiger partial charge in [-0.15, -0.1) is 4.91 Å². The lowest BCUT2D eigenvalue weighted by atomic mass is 10.1. The Labute approximate surface area is 106 Å². The predicted octanol–water partition coefficient (Wildman–Crippen LogP) is 3.21. The summed E-state index contributed by atoms with van der Waals surface area (Å²) in [6.07, 6.45) is 2.92. The fraction of sp³-hybridized carbons (Fsp3) is 0.462. The molecular weight excluding hydrogens is 232 g/mol. The van der Waals surface area contributed by atoms with E-state index in [2.05, 4.69) is 5.18 Å². The average molecular weight is 248 g/mol. The third-order valence-electron chi connectivity index (χ3n) is 3.06. The molecule has 0 saturated carbocycles. The van der Waals surface area contributed by atoms with Crippen LogP contribution in [0.4, 0.5) is 10.5 Å². The minimum absolute atomic E-state index is 0.0945. The second kappa shape index (κ2) is 6.14. The molecule has 1 aromatic carbocycles. The van der Waals surface area contributed by atoms with E-state index < -0.39 is 0 Å². The number of ether oxygens (including phenoxy) is 1. The second-order valence-electron chi connectivity index (χ2n) is 4.32. The highest BCUT2D eigenvalue weighted by atomic mass is 16.6. The molecule has 5 heteroatoms. The van der Waals surface area contributed by atoms with Gasteiger partial charge in [-0.25, -0.2) is 4.79 Å². The molecular formula is C13H16N2O3. The van der Waals surface area contributed by atoms with Crippen LogP contribution in [0.5, 0.6) is 0 Å². The van der Waals surface area contributed by atoms with Crippen molar-refractivity contribution in [3.63, 3.8) is 0 Å². The van der Waals surface area contributed by atoms with Crippen molar-refractivity contribution in [2.75, 3.05) is 13.1 Å². The first-order valence-electron chi connectivity index (χ1n) is 6.14. The number of carbonyl (C=O) groups excluding carboxylic acids is 1. The molecule has 0 bridgehead atoms. The smallest absolute Gasteiger partial charge is 0.410 e. The number of hydrogen-bond acceptors (Lipinski definition) is 4. The summed E-state index contributed by atoms with van der Waals surface area (Å²) >= 11 is 0. The Hall–Kier alpha value is -1.91. The Morgan fingerprint density at radius 2 is 1.94 bits per heavy atom. The summed E-state index contributed by atoms with van der Waals surface area (Å²) in [6, 6.07) is 6.86. The predicted molar refractivity (Wildman–Crippen MR) is 67.5 cm³/mol. The molecule has 5 nitrogen and oxygen atoms in total. The number of benzene rings is 1. The van der Waals surface area contributed by atoms with Crippen LogP contribution in [0.1, 0.15) is 24.8 Å². The van der Waals surface area contributed by atoms with E-state index in [1.54, 1.807) is 29.2 Å². The van der Waals surface area contributed by atoms with Gasteiger partial charge < -0.3 is 9.64 Å². The Kier molecular flexibility index (Phi) is 4.28. The fourth-order valence-electron chi connectivity index (χ4n) is 2.03. The molecule has 0 aromatic heterocycles. The number of rotatable bonds is 3. The van der Waals surface area contributed by atoms with Gasteiger partial charge >= 0.3 is 6.09 Å². The summed E-state index contributed by atoms with van der Waals surface area (Å²) in [5.41, 5.74) is 0.960. The summed E-state index contributed by atoms with van der Waals surface area (Å²) in [5.74, 6) is 0. The van der Waals surface area contributed by atoms with Gasteiger partial charge in [0.25, 0.3) is 0 Å². The van der Waals surface area contributed by atoms with Crippen LogP contribution < -0.4 is 0 Å². The molecule has 1 saturated heterocycles. The molecule has 1 fully saturated rings. The first-order valence-corrected chi connectivity index (χ1v) is 6.14. The van der Waals surface area contributed by atoms with Crippen LogP contribution in [0.3, 0.4) is 0 Å². The van der Waals surface area contributed by atoms with Gasteiger partial charge in [-0.1, -0.05) is 18.2 Å². The lowest BCUT2D eigenvalue weighted by Gasteiger charge is -2.25. The van der Waals surface area contributed by atoms with Crippen molar-refractivity contribution in [1.29, 1.82) is 0 Å². The normalized spacial score (nSPS) is 15.2. The van der Waals surface area contributed by atoms with Crippen LogP contribution in [0.2, 0.25) is 0 Å². The van der Waals surface area contributed by atoms with E-state index in [1.807, 2.05) is 0 Å². The molecule has 96 valence electrons. The van der Waals surface area contributed by atoms with E-state index in [9.17, 15) is 9.70 Å². The molecule has 1 aromatic rings. The first-order chi connectivity index (χ1) is 8.81. The summed E-state index contributed by atoms with van der Waals surface area (Å²) in [5, 5.41) is 2.91.